The van der Waals surface area contributed by atoms with Crippen LogP contribution in [0.2, 0.25) is 5.02 Å². The number of hydrogen-bond acceptors (Lipinski definition) is 5. The maximum atomic E-state index is 12.6. The number of halogens is 1. The van der Waals surface area contributed by atoms with Gasteiger partial charge in [0, 0.05) is 10.6 Å². The van der Waals surface area contributed by atoms with Gasteiger partial charge >= 0.3 is 17.8 Å². The summed E-state index contributed by atoms with van der Waals surface area (Å²) >= 11 is 5.87. The Bertz CT molecular complexity index is 1050. The van der Waals surface area contributed by atoms with Crippen molar-refractivity contribution in [3.63, 3.8) is 0 Å². The van der Waals surface area contributed by atoms with Crippen molar-refractivity contribution in [2.24, 2.45) is 0 Å². The number of carbonyl (C=O) groups is 3. The van der Waals surface area contributed by atoms with E-state index in [1.807, 2.05) is 6.07 Å². The normalized spacial score (nSPS) is 14.2. The Morgan fingerprint density at radius 1 is 0.857 bits per heavy atom. The first-order valence-electron chi connectivity index (χ1n) is 8.44. The molecule has 0 saturated carbocycles. The van der Waals surface area contributed by atoms with E-state index in [-0.39, 0.29) is 13.1 Å². The number of nitrogens with zero attached hydrogens (tertiary/aromatic N) is 3. The largest absolute Gasteiger partial charge is 0.444 e. The van der Waals surface area contributed by atoms with Gasteiger partial charge in [-0.2, -0.15) is 0 Å². The molecule has 0 N–H and O–H groups in total. The quantitative estimate of drug-likeness (QED) is 0.487. The Morgan fingerprint density at radius 3 is 2.18 bits per heavy atom. The van der Waals surface area contributed by atoms with Crippen molar-refractivity contribution in [2.75, 3.05) is 0 Å². The van der Waals surface area contributed by atoms with Crippen LogP contribution in [-0.4, -0.2) is 32.6 Å². The van der Waals surface area contributed by atoms with Crippen LogP contribution in [-0.2, 0) is 22.7 Å². The van der Waals surface area contributed by atoms with E-state index in [1.54, 1.807) is 48.5 Å². The first-order valence-corrected chi connectivity index (χ1v) is 8.82. The van der Waals surface area contributed by atoms with E-state index in [4.69, 9.17) is 16.0 Å². The zero-order valence-corrected chi connectivity index (χ0v) is 15.3. The Labute approximate surface area is 165 Å². The summed E-state index contributed by atoms with van der Waals surface area (Å²) in [7, 11) is 0. The number of amides is 4. The predicted molar refractivity (Wildman–Crippen MR) is 99.9 cm³/mol. The molecule has 1 aliphatic rings. The maximum absolute atomic E-state index is 12.6. The molecular formula is C20H14ClN3O4. The first-order chi connectivity index (χ1) is 13.5. The number of aromatic nitrogens is 1. The van der Waals surface area contributed by atoms with Crippen molar-refractivity contribution in [3.05, 3.63) is 77.1 Å². The smallest absolute Gasteiger partial charge is 0.334 e. The van der Waals surface area contributed by atoms with Gasteiger partial charge in [0.25, 0.3) is 0 Å². The Morgan fingerprint density at radius 2 is 1.50 bits per heavy atom. The predicted octanol–water partition coefficient (Wildman–Crippen LogP) is 3.49. The molecule has 140 valence electrons. The van der Waals surface area contributed by atoms with Crippen molar-refractivity contribution < 1.29 is 18.8 Å². The average Bonchev–Trinajstić information content (AvgIpc) is 3.25. The molecule has 2 aromatic carbocycles. The third kappa shape index (κ3) is 3.39. The molecule has 7 nitrogen and oxygen atoms in total. The van der Waals surface area contributed by atoms with Gasteiger partial charge in [0.15, 0.2) is 0 Å². The number of imide groups is 2. The second-order valence-corrected chi connectivity index (χ2v) is 6.64. The molecule has 0 spiro atoms. The molecule has 3 aromatic rings. The standard InChI is InChI=1S/C20H14ClN3O4/c21-15-8-6-14(7-9-15)17-22-16(12-28-17)11-24-19(26)18(25)23(20(24)27)10-13-4-2-1-3-5-13/h1-9,12H,10-11H2. The van der Waals surface area contributed by atoms with Crippen LogP contribution in [0.1, 0.15) is 11.3 Å². The highest BCUT2D eigenvalue weighted by molar-refractivity contribution is 6.44. The van der Waals surface area contributed by atoms with Gasteiger partial charge in [0.05, 0.1) is 18.8 Å². The van der Waals surface area contributed by atoms with Gasteiger partial charge in [-0.3, -0.25) is 14.5 Å². The minimum Gasteiger partial charge on any atom is -0.444 e. The summed E-state index contributed by atoms with van der Waals surface area (Å²) < 4.78 is 5.42. The lowest BCUT2D eigenvalue weighted by Crippen LogP contribution is -2.32. The summed E-state index contributed by atoms with van der Waals surface area (Å²) in [6.07, 6.45) is 1.36. The zero-order valence-electron chi connectivity index (χ0n) is 14.5. The summed E-state index contributed by atoms with van der Waals surface area (Å²) in [6, 6.07) is 15.2. The highest BCUT2D eigenvalue weighted by Gasteiger charge is 2.44. The number of rotatable bonds is 5. The van der Waals surface area contributed by atoms with E-state index < -0.39 is 17.8 Å². The third-order valence-corrected chi connectivity index (χ3v) is 4.53. The summed E-state index contributed by atoms with van der Waals surface area (Å²) in [5.41, 5.74) is 1.82. The van der Waals surface area contributed by atoms with Gasteiger partial charge in [0.1, 0.15) is 6.26 Å². The molecule has 1 aromatic heterocycles. The van der Waals surface area contributed by atoms with Crippen LogP contribution in [0, 0.1) is 0 Å². The molecule has 8 heteroatoms. The lowest BCUT2D eigenvalue weighted by Gasteiger charge is -2.14. The molecule has 1 saturated heterocycles. The van der Waals surface area contributed by atoms with Crippen molar-refractivity contribution in [1.29, 1.82) is 0 Å². The molecule has 1 aliphatic heterocycles. The minimum atomic E-state index is -0.878. The maximum Gasteiger partial charge on any atom is 0.334 e. The first kappa shape index (κ1) is 17.9. The molecule has 0 bridgehead atoms. The van der Waals surface area contributed by atoms with E-state index in [2.05, 4.69) is 4.98 Å². The van der Waals surface area contributed by atoms with E-state index >= 15 is 0 Å². The fourth-order valence-electron chi connectivity index (χ4n) is 2.86. The average molecular weight is 396 g/mol. The highest BCUT2D eigenvalue weighted by atomic mass is 35.5. The lowest BCUT2D eigenvalue weighted by molar-refractivity contribution is -0.143. The summed E-state index contributed by atoms with van der Waals surface area (Å²) in [6.45, 7) is -0.110. The number of benzene rings is 2. The topological polar surface area (TPSA) is 83.7 Å². The number of hydrogen-bond donors (Lipinski definition) is 0. The molecule has 4 rings (SSSR count). The van der Waals surface area contributed by atoms with Crippen molar-refractivity contribution in [1.82, 2.24) is 14.8 Å². The molecule has 28 heavy (non-hydrogen) atoms. The Hall–Kier alpha value is -3.45. The van der Waals surface area contributed by atoms with Crippen LogP contribution >= 0.6 is 11.6 Å². The molecule has 1 fully saturated rings. The van der Waals surface area contributed by atoms with E-state index in [0.717, 1.165) is 15.4 Å². The lowest BCUT2D eigenvalue weighted by atomic mass is 10.2. The van der Waals surface area contributed by atoms with Crippen molar-refractivity contribution in [3.8, 4) is 11.5 Å². The second kappa shape index (κ2) is 7.28. The molecule has 4 amide bonds. The molecular weight excluding hydrogens is 382 g/mol. The monoisotopic (exact) mass is 395 g/mol. The number of urea groups is 1. The van der Waals surface area contributed by atoms with Gasteiger partial charge < -0.3 is 4.42 Å². The molecule has 0 unspecified atom stereocenters. The minimum absolute atomic E-state index is 0.0373. The fourth-order valence-corrected chi connectivity index (χ4v) is 2.99. The molecule has 0 aliphatic carbocycles. The number of carbonyl (C=O) groups excluding carboxylic acids is 3. The Balaban J connectivity index is 1.50. The van der Waals surface area contributed by atoms with Gasteiger partial charge in [-0.05, 0) is 29.8 Å². The molecule has 0 atom stereocenters. The van der Waals surface area contributed by atoms with Crippen LogP contribution < -0.4 is 0 Å². The van der Waals surface area contributed by atoms with Crippen LogP contribution in [0.5, 0.6) is 0 Å². The zero-order chi connectivity index (χ0) is 19.7. The molecule has 2 heterocycles. The summed E-state index contributed by atoms with van der Waals surface area (Å²) in [5, 5.41) is 0.584. The van der Waals surface area contributed by atoms with Crippen molar-refractivity contribution in [2.45, 2.75) is 13.1 Å². The van der Waals surface area contributed by atoms with Gasteiger partial charge in [0.2, 0.25) is 5.89 Å². The van der Waals surface area contributed by atoms with E-state index in [9.17, 15) is 14.4 Å². The van der Waals surface area contributed by atoms with Crippen LogP contribution in [0.3, 0.4) is 0 Å². The van der Waals surface area contributed by atoms with Crippen LogP contribution in [0.4, 0.5) is 4.79 Å². The van der Waals surface area contributed by atoms with E-state index in [0.29, 0.717) is 22.2 Å². The summed E-state index contributed by atoms with van der Waals surface area (Å²) in [5.74, 6) is -1.40. The second-order valence-electron chi connectivity index (χ2n) is 6.20. The summed E-state index contributed by atoms with van der Waals surface area (Å²) in [4.78, 5) is 43.2. The fraction of sp³-hybridized carbons (Fsp3) is 0.100. The molecule has 0 radical (unpaired) electrons. The Kier molecular flexibility index (Phi) is 4.67. The van der Waals surface area contributed by atoms with Gasteiger partial charge in [-0.1, -0.05) is 41.9 Å². The van der Waals surface area contributed by atoms with Gasteiger partial charge in [-0.25, -0.2) is 14.7 Å². The van der Waals surface area contributed by atoms with Crippen LogP contribution in [0.25, 0.3) is 11.5 Å². The highest BCUT2D eigenvalue weighted by Crippen LogP contribution is 2.23. The van der Waals surface area contributed by atoms with Gasteiger partial charge in [-0.15, -0.1) is 0 Å². The third-order valence-electron chi connectivity index (χ3n) is 4.28. The van der Waals surface area contributed by atoms with Crippen LogP contribution in [0.15, 0.2) is 65.3 Å². The number of oxazole rings is 1. The van der Waals surface area contributed by atoms with E-state index in [1.165, 1.54) is 6.26 Å². The van der Waals surface area contributed by atoms with Crippen molar-refractivity contribution >= 4 is 29.4 Å². The SMILES string of the molecule is O=C1C(=O)N(Cc2coc(-c3ccc(Cl)cc3)n2)C(=O)N1Cc1ccccc1.